The molecule has 0 unspecified atom stereocenters. The van der Waals surface area contributed by atoms with Crippen LogP contribution in [0.25, 0.3) is 0 Å². The summed E-state index contributed by atoms with van der Waals surface area (Å²) in [4.78, 5) is 13.9. The molecule has 0 aliphatic carbocycles. The van der Waals surface area contributed by atoms with Crippen molar-refractivity contribution in [2.45, 2.75) is 25.7 Å². The second-order valence-corrected chi connectivity index (χ2v) is 4.54. The molecule has 3 heteroatoms. The lowest BCUT2D eigenvalue weighted by atomic mass is 10.0. The highest BCUT2D eigenvalue weighted by atomic mass is 16.2. The van der Waals surface area contributed by atoms with Gasteiger partial charge in [0.25, 0.3) is 0 Å². The molecule has 0 fully saturated rings. The number of carbonyl (C=O) groups is 1. The van der Waals surface area contributed by atoms with Crippen LogP contribution in [0.4, 0.5) is 0 Å². The lowest BCUT2D eigenvalue weighted by Crippen LogP contribution is -2.33. The van der Waals surface area contributed by atoms with Gasteiger partial charge in [-0.2, -0.15) is 0 Å². The minimum Gasteiger partial charge on any atom is -0.342 e. The molecule has 1 aliphatic heterocycles. The minimum atomic E-state index is 0.253. The van der Waals surface area contributed by atoms with Crippen molar-refractivity contribution >= 4 is 5.91 Å². The largest absolute Gasteiger partial charge is 0.342 e. The molecule has 0 saturated carbocycles. The zero-order chi connectivity index (χ0) is 12.1. The highest BCUT2D eigenvalue weighted by Crippen LogP contribution is 2.16. The van der Waals surface area contributed by atoms with Crippen molar-refractivity contribution in [3.63, 3.8) is 0 Å². The van der Waals surface area contributed by atoms with Crippen LogP contribution >= 0.6 is 0 Å². The zero-order valence-electron chi connectivity index (χ0n) is 10.2. The molecule has 0 aromatic heterocycles. The van der Waals surface area contributed by atoms with Gasteiger partial charge in [0, 0.05) is 19.5 Å². The van der Waals surface area contributed by atoms with Gasteiger partial charge < -0.3 is 10.6 Å². The van der Waals surface area contributed by atoms with Gasteiger partial charge in [-0.25, -0.2) is 0 Å². The Kier molecular flexibility index (Phi) is 4.15. The van der Waals surface area contributed by atoms with Gasteiger partial charge >= 0.3 is 0 Å². The average Bonchev–Trinajstić information content (AvgIpc) is 2.58. The molecular formula is C14H20N2O. The van der Waals surface area contributed by atoms with Crippen LogP contribution in [-0.4, -0.2) is 30.4 Å². The summed E-state index contributed by atoms with van der Waals surface area (Å²) >= 11 is 0. The predicted molar refractivity (Wildman–Crippen MR) is 68.7 cm³/mol. The van der Waals surface area contributed by atoms with Crippen LogP contribution in [-0.2, 0) is 17.6 Å². The molecule has 0 bridgehead atoms. The van der Waals surface area contributed by atoms with Gasteiger partial charge in [-0.1, -0.05) is 24.3 Å². The van der Waals surface area contributed by atoms with Crippen molar-refractivity contribution < 1.29 is 4.79 Å². The number of hydrogen-bond acceptors (Lipinski definition) is 2. The smallest absolute Gasteiger partial charge is 0.222 e. The molecule has 1 amide bonds. The molecular weight excluding hydrogens is 212 g/mol. The Balaban J connectivity index is 1.97. The summed E-state index contributed by atoms with van der Waals surface area (Å²) < 4.78 is 0. The van der Waals surface area contributed by atoms with Gasteiger partial charge in [-0.3, -0.25) is 4.79 Å². The van der Waals surface area contributed by atoms with E-state index in [0.29, 0.717) is 13.0 Å². The van der Waals surface area contributed by atoms with Crippen molar-refractivity contribution in [2.24, 2.45) is 5.73 Å². The maximum Gasteiger partial charge on any atom is 0.222 e. The van der Waals surface area contributed by atoms with E-state index in [0.717, 1.165) is 32.4 Å². The van der Waals surface area contributed by atoms with Crippen LogP contribution in [0.1, 0.15) is 24.0 Å². The van der Waals surface area contributed by atoms with Crippen LogP contribution in [0.15, 0.2) is 24.3 Å². The third-order valence-electron chi connectivity index (χ3n) is 3.37. The summed E-state index contributed by atoms with van der Waals surface area (Å²) in [5.41, 5.74) is 8.22. The number of nitrogens with two attached hydrogens (primary N) is 1. The summed E-state index contributed by atoms with van der Waals surface area (Å²) in [6.07, 6.45) is 3.34. The van der Waals surface area contributed by atoms with Gasteiger partial charge in [0.1, 0.15) is 0 Å². The van der Waals surface area contributed by atoms with Crippen LogP contribution in [0.5, 0.6) is 0 Å². The summed E-state index contributed by atoms with van der Waals surface area (Å²) in [7, 11) is 0. The molecule has 92 valence electrons. The molecule has 1 aliphatic rings. The van der Waals surface area contributed by atoms with Gasteiger partial charge in [-0.15, -0.1) is 0 Å². The van der Waals surface area contributed by atoms with E-state index in [9.17, 15) is 4.79 Å². The molecule has 3 nitrogen and oxygen atoms in total. The minimum absolute atomic E-state index is 0.253. The lowest BCUT2D eigenvalue weighted by molar-refractivity contribution is -0.131. The number of benzene rings is 1. The number of hydrogen-bond donors (Lipinski definition) is 1. The van der Waals surface area contributed by atoms with Crippen LogP contribution in [0.2, 0.25) is 0 Å². The number of fused-ring (bicyclic) bond motifs is 1. The van der Waals surface area contributed by atoms with Gasteiger partial charge in [0.15, 0.2) is 0 Å². The molecule has 2 rings (SSSR count). The Bertz CT molecular complexity index is 363. The van der Waals surface area contributed by atoms with E-state index in [2.05, 4.69) is 24.3 Å². The standard InChI is InChI=1S/C14H20N2O/c15-9-3-6-14(17)16-10-7-12-4-1-2-5-13(12)8-11-16/h1-2,4-5H,3,6-11,15H2. The van der Waals surface area contributed by atoms with Crippen molar-refractivity contribution in [1.82, 2.24) is 4.90 Å². The summed E-state index contributed by atoms with van der Waals surface area (Å²) in [6.45, 7) is 2.29. The maximum atomic E-state index is 11.9. The van der Waals surface area contributed by atoms with Crippen LogP contribution < -0.4 is 5.73 Å². The van der Waals surface area contributed by atoms with E-state index < -0.39 is 0 Å². The first-order chi connectivity index (χ1) is 8.31. The molecule has 0 spiro atoms. The highest BCUT2D eigenvalue weighted by Gasteiger charge is 2.17. The monoisotopic (exact) mass is 232 g/mol. The molecule has 1 heterocycles. The van der Waals surface area contributed by atoms with Crippen molar-refractivity contribution in [2.75, 3.05) is 19.6 Å². The van der Waals surface area contributed by atoms with Gasteiger partial charge in [-0.05, 0) is 36.9 Å². The maximum absolute atomic E-state index is 11.9. The van der Waals surface area contributed by atoms with E-state index >= 15 is 0 Å². The first kappa shape index (κ1) is 12.1. The fraction of sp³-hybridized carbons (Fsp3) is 0.500. The fourth-order valence-corrected chi connectivity index (χ4v) is 2.33. The topological polar surface area (TPSA) is 46.3 Å². The number of carbonyl (C=O) groups excluding carboxylic acids is 1. The summed E-state index contributed by atoms with van der Waals surface area (Å²) in [5.74, 6) is 0.253. The molecule has 17 heavy (non-hydrogen) atoms. The second kappa shape index (κ2) is 5.82. The quantitative estimate of drug-likeness (QED) is 0.855. The van der Waals surface area contributed by atoms with Crippen LogP contribution in [0.3, 0.4) is 0 Å². The normalized spacial score (nSPS) is 15.2. The van der Waals surface area contributed by atoms with Crippen molar-refractivity contribution in [3.05, 3.63) is 35.4 Å². The average molecular weight is 232 g/mol. The van der Waals surface area contributed by atoms with E-state index in [1.807, 2.05) is 4.90 Å². The Morgan fingerprint density at radius 3 is 2.29 bits per heavy atom. The van der Waals surface area contributed by atoms with Gasteiger partial charge in [0.05, 0.1) is 0 Å². The highest BCUT2D eigenvalue weighted by molar-refractivity contribution is 5.76. The van der Waals surface area contributed by atoms with E-state index in [1.165, 1.54) is 11.1 Å². The fourth-order valence-electron chi connectivity index (χ4n) is 2.33. The zero-order valence-corrected chi connectivity index (χ0v) is 10.2. The third kappa shape index (κ3) is 3.07. The molecule has 0 saturated heterocycles. The van der Waals surface area contributed by atoms with Crippen molar-refractivity contribution in [3.8, 4) is 0 Å². The number of amides is 1. The molecule has 0 radical (unpaired) electrons. The molecule has 0 atom stereocenters. The first-order valence-electron chi connectivity index (χ1n) is 6.36. The predicted octanol–water partition coefficient (Wildman–Crippen LogP) is 1.35. The molecule has 1 aromatic carbocycles. The van der Waals surface area contributed by atoms with Crippen LogP contribution in [0, 0.1) is 0 Å². The summed E-state index contributed by atoms with van der Waals surface area (Å²) in [5, 5.41) is 0. The molecule has 1 aromatic rings. The Morgan fingerprint density at radius 1 is 1.18 bits per heavy atom. The van der Waals surface area contributed by atoms with E-state index in [-0.39, 0.29) is 5.91 Å². The number of rotatable bonds is 3. The van der Waals surface area contributed by atoms with E-state index in [4.69, 9.17) is 5.73 Å². The number of nitrogens with zero attached hydrogens (tertiary/aromatic N) is 1. The summed E-state index contributed by atoms with van der Waals surface area (Å²) in [6, 6.07) is 8.49. The SMILES string of the molecule is NCCCC(=O)N1CCc2ccccc2CC1. The second-order valence-electron chi connectivity index (χ2n) is 4.54. The van der Waals surface area contributed by atoms with E-state index in [1.54, 1.807) is 0 Å². The molecule has 2 N–H and O–H groups in total. The van der Waals surface area contributed by atoms with Crippen molar-refractivity contribution in [1.29, 1.82) is 0 Å². The van der Waals surface area contributed by atoms with Gasteiger partial charge in [0.2, 0.25) is 5.91 Å². The lowest BCUT2D eigenvalue weighted by Gasteiger charge is -2.20. The first-order valence-corrected chi connectivity index (χ1v) is 6.36. The Hall–Kier alpha value is -1.35. The third-order valence-corrected chi connectivity index (χ3v) is 3.37. The Labute approximate surface area is 103 Å². The Morgan fingerprint density at radius 2 is 1.76 bits per heavy atom.